The maximum atomic E-state index is 5.46. The summed E-state index contributed by atoms with van der Waals surface area (Å²) >= 11 is 0. The van der Waals surface area contributed by atoms with Crippen molar-refractivity contribution in [3.05, 3.63) is 0 Å². The third-order valence-corrected chi connectivity index (χ3v) is 2.17. The molecule has 1 saturated heterocycles. The molecule has 0 aliphatic carbocycles. The Kier molecular flexibility index (Phi) is 3.87. The fraction of sp³-hybridized carbons (Fsp3) is 1.00. The molecule has 0 radical (unpaired) electrons. The molecule has 1 heterocycles. The van der Waals surface area contributed by atoms with Crippen molar-refractivity contribution >= 4 is 0 Å². The van der Waals surface area contributed by atoms with Gasteiger partial charge in [-0.15, -0.1) is 0 Å². The zero-order valence-electron chi connectivity index (χ0n) is 7.68. The highest BCUT2D eigenvalue weighted by Gasteiger charge is 2.13. The van der Waals surface area contributed by atoms with Gasteiger partial charge in [0.25, 0.3) is 0 Å². The normalized spacial score (nSPS) is 22.4. The minimum atomic E-state index is 0.415. The first-order valence-corrected chi connectivity index (χ1v) is 4.67. The number of likely N-dealkylation sites (tertiary alicyclic amines) is 1. The Labute approximate surface area is 69.5 Å². The van der Waals surface area contributed by atoms with E-state index in [1.54, 1.807) is 0 Å². The van der Waals surface area contributed by atoms with Gasteiger partial charge in [-0.2, -0.15) is 0 Å². The van der Waals surface area contributed by atoms with E-state index in [0.717, 1.165) is 13.2 Å². The molecule has 0 unspecified atom stereocenters. The quantitative estimate of drug-likeness (QED) is 0.613. The van der Waals surface area contributed by atoms with Gasteiger partial charge < -0.3 is 9.64 Å². The molecule has 0 amide bonds. The topological polar surface area (TPSA) is 12.5 Å². The van der Waals surface area contributed by atoms with E-state index in [4.69, 9.17) is 4.74 Å². The molecule has 2 nitrogen and oxygen atoms in total. The van der Waals surface area contributed by atoms with Gasteiger partial charge in [-0.1, -0.05) is 0 Å². The van der Waals surface area contributed by atoms with Gasteiger partial charge >= 0.3 is 0 Å². The number of hydrogen-bond acceptors (Lipinski definition) is 2. The Bertz CT molecular complexity index is 99.7. The van der Waals surface area contributed by atoms with Gasteiger partial charge in [0.2, 0.25) is 0 Å². The Balaban J connectivity index is 2.08. The lowest BCUT2D eigenvalue weighted by molar-refractivity contribution is 0.0515. The van der Waals surface area contributed by atoms with Crippen LogP contribution in [0.2, 0.25) is 0 Å². The summed E-state index contributed by atoms with van der Waals surface area (Å²) in [6, 6.07) is 0. The summed E-state index contributed by atoms with van der Waals surface area (Å²) in [6.07, 6.45) is 3.16. The minimum absolute atomic E-state index is 0.415. The van der Waals surface area contributed by atoms with Crippen LogP contribution in [-0.2, 0) is 4.74 Å². The van der Waals surface area contributed by atoms with E-state index in [9.17, 15) is 0 Å². The molecule has 11 heavy (non-hydrogen) atoms. The van der Waals surface area contributed by atoms with Gasteiger partial charge in [0.05, 0.1) is 6.10 Å². The molecule has 1 aliphatic heterocycles. The van der Waals surface area contributed by atoms with E-state index in [1.165, 1.54) is 25.9 Å². The molecular weight excluding hydrogens is 138 g/mol. The smallest absolute Gasteiger partial charge is 0.0673 e. The van der Waals surface area contributed by atoms with Crippen LogP contribution in [0.1, 0.15) is 26.7 Å². The lowest BCUT2D eigenvalue weighted by Crippen LogP contribution is -2.29. The van der Waals surface area contributed by atoms with Crippen molar-refractivity contribution in [1.29, 1.82) is 0 Å². The Morgan fingerprint density at radius 3 is 2.55 bits per heavy atom. The summed E-state index contributed by atoms with van der Waals surface area (Å²) in [5.41, 5.74) is 0. The first kappa shape index (κ1) is 9.01. The molecule has 0 N–H and O–H groups in total. The molecule has 0 saturated carbocycles. The lowest BCUT2D eigenvalue weighted by Gasteiger charge is -2.19. The van der Waals surface area contributed by atoms with Crippen molar-refractivity contribution in [2.45, 2.75) is 32.8 Å². The third kappa shape index (κ3) is 3.21. The molecule has 0 spiro atoms. The lowest BCUT2D eigenvalue weighted by atomic mass is 10.4. The van der Waals surface area contributed by atoms with Crippen LogP contribution in [0.25, 0.3) is 0 Å². The van der Waals surface area contributed by atoms with Crippen molar-refractivity contribution in [3.63, 3.8) is 0 Å². The third-order valence-electron chi connectivity index (χ3n) is 2.17. The minimum Gasteiger partial charge on any atom is -0.377 e. The zero-order valence-corrected chi connectivity index (χ0v) is 7.68. The molecular formula is C9H19NO. The van der Waals surface area contributed by atoms with Crippen molar-refractivity contribution in [2.24, 2.45) is 0 Å². The van der Waals surface area contributed by atoms with Crippen LogP contribution in [0.3, 0.4) is 0 Å². The average Bonchev–Trinajstić information content (AvgIpc) is 2.40. The standard InChI is InChI=1S/C9H19NO/c1-3-11-9(2)8-10-6-4-5-7-10/h9H,3-8H2,1-2H3/t9-/m1/s1. The fourth-order valence-corrected chi connectivity index (χ4v) is 1.67. The molecule has 0 aromatic heterocycles. The number of hydrogen-bond donors (Lipinski definition) is 0. The molecule has 1 fully saturated rings. The second kappa shape index (κ2) is 4.73. The maximum Gasteiger partial charge on any atom is 0.0673 e. The zero-order chi connectivity index (χ0) is 8.10. The summed E-state index contributed by atoms with van der Waals surface area (Å²) in [5, 5.41) is 0. The van der Waals surface area contributed by atoms with Gasteiger partial charge in [-0.3, -0.25) is 0 Å². The number of rotatable bonds is 4. The number of ether oxygens (including phenoxy) is 1. The van der Waals surface area contributed by atoms with E-state index in [2.05, 4.69) is 18.7 Å². The summed E-state index contributed by atoms with van der Waals surface area (Å²) < 4.78 is 5.46. The van der Waals surface area contributed by atoms with Gasteiger partial charge in [0, 0.05) is 13.2 Å². The Hall–Kier alpha value is -0.0800. The Morgan fingerprint density at radius 2 is 2.00 bits per heavy atom. The first-order chi connectivity index (χ1) is 5.33. The van der Waals surface area contributed by atoms with Crippen LogP contribution in [-0.4, -0.2) is 37.2 Å². The Morgan fingerprint density at radius 1 is 1.36 bits per heavy atom. The van der Waals surface area contributed by atoms with E-state index < -0.39 is 0 Å². The monoisotopic (exact) mass is 157 g/mol. The first-order valence-electron chi connectivity index (χ1n) is 4.67. The molecule has 0 aromatic carbocycles. The van der Waals surface area contributed by atoms with Crippen LogP contribution in [0.15, 0.2) is 0 Å². The SMILES string of the molecule is CCO[C@H](C)CN1CCCC1. The van der Waals surface area contributed by atoms with E-state index in [-0.39, 0.29) is 0 Å². The second-order valence-corrected chi connectivity index (χ2v) is 3.27. The summed E-state index contributed by atoms with van der Waals surface area (Å²) in [5.74, 6) is 0. The van der Waals surface area contributed by atoms with Crippen LogP contribution >= 0.6 is 0 Å². The fourth-order valence-electron chi connectivity index (χ4n) is 1.67. The predicted octanol–water partition coefficient (Wildman–Crippen LogP) is 1.51. The van der Waals surface area contributed by atoms with Gasteiger partial charge in [-0.05, 0) is 39.8 Å². The molecule has 2 heteroatoms. The summed E-state index contributed by atoms with van der Waals surface area (Å²) in [7, 11) is 0. The van der Waals surface area contributed by atoms with Crippen LogP contribution < -0.4 is 0 Å². The molecule has 0 bridgehead atoms. The highest BCUT2D eigenvalue weighted by molar-refractivity contribution is 4.68. The average molecular weight is 157 g/mol. The van der Waals surface area contributed by atoms with Crippen LogP contribution in [0.4, 0.5) is 0 Å². The molecule has 1 atom stereocenters. The van der Waals surface area contributed by atoms with Gasteiger partial charge in [0.15, 0.2) is 0 Å². The summed E-state index contributed by atoms with van der Waals surface area (Å²) in [6.45, 7) is 8.72. The molecule has 66 valence electrons. The van der Waals surface area contributed by atoms with Gasteiger partial charge in [0.1, 0.15) is 0 Å². The predicted molar refractivity (Wildman–Crippen MR) is 46.8 cm³/mol. The van der Waals surface area contributed by atoms with Crippen molar-refractivity contribution in [3.8, 4) is 0 Å². The summed E-state index contributed by atoms with van der Waals surface area (Å²) in [4.78, 5) is 2.49. The molecule has 1 rings (SSSR count). The highest BCUT2D eigenvalue weighted by Crippen LogP contribution is 2.08. The van der Waals surface area contributed by atoms with E-state index in [0.29, 0.717) is 6.10 Å². The number of nitrogens with zero attached hydrogens (tertiary/aromatic N) is 1. The molecule has 1 aliphatic rings. The molecule has 0 aromatic rings. The van der Waals surface area contributed by atoms with Crippen molar-refractivity contribution in [1.82, 2.24) is 4.90 Å². The van der Waals surface area contributed by atoms with E-state index >= 15 is 0 Å². The highest BCUT2D eigenvalue weighted by atomic mass is 16.5. The van der Waals surface area contributed by atoms with Crippen LogP contribution in [0, 0.1) is 0 Å². The largest absolute Gasteiger partial charge is 0.377 e. The second-order valence-electron chi connectivity index (χ2n) is 3.27. The van der Waals surface area contributed by atoms with Gasteiger partial charge in [-0.25, -0.2) is 0 Å². The maximum absolute atomic E-state index is 5.46. The van der Waals surface area contributed by atoms with Crippen molar-refractivity contribution in [2.75, 3.05) is 26.2 Å². The van der Waals surface area contributed by atoms with Crippen LogP contribution in [0.5, 0.6) is 0 Å². The van der Waals surface area contributed by atoms with Crippen molar-refractivity contribution < 1.29 is 4.74 Å². The van der Waals surface area contributed by atoms with E-state index in [1.807, 2.05) is 0 Å².